The van der Waals surface area contributed by atoms with Crippen LogP contribution in [0.1, 0.15) is 24.8 Å². The van der Waals surface area contributed by atoms with Crippen molar-refractivity contribution in [1.82, 2.24) is 4.90 Å². The summed E-state index contributed by atoms with van der Waals surface area (Å²) in [5.74, 6) is 0. The average molecular weight is 310 g/mol. The molecule has 0 aliphatic carbocycles. The maximum absolute atomic E-state index is 9.43. The molecule has 0 bridgehead atoms. The number of hydrogen-bond donors (Lipinski definition) is 1. The van der Waals surface area contributed by atoms with E-state index in [1.54, 1.807) is 0 Å². The van der Waals surface area contributed by atoms with Crippen molar-refractivity contribution in [3.8, 4) is 0 Å². The molecule has 1 aromatic rings. The molecule has 0 radical (unpaired) electrons. The van der Waals surface area contributed by atoms with Crippen LogP contribution in [-0.4, -0.2) is 35.7 Å². The van der Waals surface area contributed by atoms with Crippen LogP contribution in [0.15, 0.2) is 34.8 Å². The Morgan fingerprint density at radius 3 is 2.56 bits per heavy atom. The average Bonchev–Trinajstić information content (AvgIpc) is 2.39. The highest BCUT2D eigenvalue weighted by Crippen LogP contribution is 2.13. The highest BCUT2D eigenvalue weighted by atomic mass is 79.9. The van der Waals surface area contributed by atoms with Crippen molar-refractivity contribution in [2.24, 2.45) is 0 Å². The Labute approximate surface area is 117 Å². The van der Waals surface area contributed by atoms with Gasteiger partial charge in [-0.15, -0.1) is 0 Å². The molecule has 0 unspecified atom stereocenters. The van der Waals surface area contributed by atoms with Crippen LogP contribution < -0.4 is 0 Å². The van der Waals surface area contributed by atoms with Crippen LogP contribution in [0.5, 0.6) is 0 Å². The molecule has 1 aliphatic heterocycles. The molecule has 1 N–H and O–H groups in total. The highest BCUT2D eigenvalue weighted by molar-refractivity contribution is 9.10. The van der Waals surface area contributed by atoms with Gasteiger partial charge in [-0.25, -0.2) is 0 Å². The van der Waals surface area contributed by atoms with Crippen LogP contribution in [0.3, 0.4) is 0 Å². The quantitative estimate of drug-likeness (QED) is 0.922. The first-order chi connectivity index (χ1) is 8.74. The molecule has 98 valence electrons. The molecule has 1 aliphatic rings. The van der Waals surface area contributed by atoms with Crippen molar-refractivity contribution in [1.29, 1.82) is 0 Å². The molecule has 1 saturated heterocycles. The minimum atomic E-state index is -0.0699. The molecule has 2 rings (SSSR count). The minimum Gasteiger partial charge on any atom is -0.393 e. The number of piperidine rings is 1. The number of halogens is 1. The van der Waals surface area contributed by atoms with Crippen LogP contribution >= 0.6 is 15.9 Å². The van der Waals surface area contributed by atoms with Crippen LogP contribution in [0, 0.1) is 0 Å². The van der Waals surface area contributed by atoms with Crippen molar-refractivity contribution < 1.29 is 5.11 Å². The van der Waals surface area contributed by atoms with Gasteiger partial charge in [-0.3, -0.25) is 0 Å². The third-order valence-electron chi connectivity index (χ3n) is 3.35. The number of hydrogen-bond acceptors (Lipinski definition) is 2. The van der Waals surface area contributed by atoms with Gasteiger partial charge in [0, 0.05) is 24.1 Å². The van der Waals surface area contributed by atoms with Crippen LogP contribution in [0.4, 0.5) is 0 Å². The topological polar surface area (TPSA) is 23.5 Å². The van der Waals surface area contributed by atoms with Gasteiger partial charge in [0.25, 0.3) is 0 Å². The lowest BCUT2D eigenvalue weighted by atomic mass is 10.1. The first-order valence-corrected chi connectivity index (χ1v) is 7.36. The van der Waals surface area contributed by atoms with Crippen molar-refractivity contribution in [2.45, 2.75) is 25.4 Å². The fourth-order valence-corrected chi connectivity index (χ4v) is 2.46. The van der Waals surface area contributed by atoms with Gasteiger partial charge in [-0.1, -0.05) is 40.2 Å². The maximum atomic E-state index is 9.43. The van der Waals surface area contributed by atoms with Gasteiger partial charge in [-0.2, -0.15) is 0 Å². The Hall–Kier alpha value is -0.640. The molecule has 2 nitrogen and oxygen atoms in total. The standard InChI is InChI=1S/C15H20BrNO/c16-14-6-4-13(5-7-14)3-1-2-10-17-11-8-15(18)9-12-17/h1,3-7,15,18H,2,8-12H2/b3-1+. The molecule has 1 fully saturated rings. The van der Waals surface area contributed by atoms with Crippen molar-refractivity contribution >= 4 is 22.0 Å². The molecule has 1 heterocycles. The molecular formula is C15H20BrNO. The molecule has 0 amide bonds. The zero-order chi connectivity index (χ0) is 12.8. The lowest BCUT2D eigenvalue weighted by Crippen LogP contribution is -2.36. The SMILES string of the molecule is OC1CCN(CC/C=C/c2ccc(Br)cc2)CC1. The normalized spacial score (nSPS) is 18.6. The predicted octanol–water partition coefficient (Wildman–Crippen LogP) is 3.31. The number of likely N-dealkylation sites (tertiary alicyclic amines) is 1. The smallest absolute Gasteiger partial charge is 0.0564 e. The van der Waals surface area contributed by atoms with E-state index >= 15 is 0 Å². The molecule has 0 atom stereocenters. The predicted molar refractivity (Wildman–Crippen MR) is 79.5 cm³/mol. The van der Waals surface area contributed by atoms with E-state index in [2.05, 4.69) is 57.2 Å². The van der Waals surface area contributed by atoms with Gasteiger partial charge in [0.05, 0.1) is 6.10 Å². The fraction of sp³-hybridized carbons (Fsp3) is 0.467. The van der Waals surface area contributed by atoms with E-state index in [9.17, 15) is 5.11 Å². The Balaban J connectivity index is 1.70. The summed E-state index contributed by atoms with van der Waals surface area (Å²) in [4.78, 5) is 2.43. The Kier molecular flexibility index (Phi) is 5.42. The van der Waals surface area contributed by atoms with Crippen LogP contribution in [0.2, 0.25) is 0 Å². The second kappa shape index (κ2) is 7.07. The number of rotatable bonds is 4. The van der Waals surface area contributed by atoms with Gasteiger partial charge in [0.2, 0.25) is 0 Å². The lowest BCUT2D eigenvalue weighted by Gasteiger charge is -2.28. The van der Waals surface area contributed by atoms with E-state index < -0.39 is 0 Å². The molecule has 1 aromatic carbocycles. The molecule has 0 spiro atoms. The van der Waals surface area contributed by atoms with Crippen LogP contribution in [0.25, 0.3) is 6.08 Å². The third-order valence-corrected chi connectivity index (χ3v) is 3.88. The Bertz CT molecular complexity index is 380. The number of aliphatic hydroxyl groups excluding tert-OH is 1. The summed E-state index contributed by atoms with van der Waals surface area (Å²) in [5.41, 5.74) is 1.24. The molecular weight excluding hydrogens is 290 g/mol. The summed E-state index contributed by atoms with van der Waals surface area (Å²) in [5, 5.41) is 9.43. The van der Waals surface area contributed by atoms with E-state index in [1.165, 1.54) is 5.56 Å². The van der Waals surface area contributed by atoms with E-state index in [4.69, 9.17) is 0 Å². The van der Waals surface area contributed by atoms with E-state index in [-0.39, 0.29) is 6.10 Å². The van der Waals surface area contributed by atoms with Crippen LogP contribution in [-0.2, 0) is 0 Å². The second-order valence-electron chi connectivity index (χ2n) is 4.82. The molecule has 0 aromatic heterocycles. The van der Waals surface area contributed by atoms with E-state index in [1.807, 2.05) is 0 Å². The van der Waals surface area contributed by atoms with Crippen molar-refractivity contribution in [3.63, 3.8) is 0 Å². The van der Waals surface area contributed by atoms with E-state index in [0.29, 0.717) is 0 Å². The van der Waals surface area contributed by atoms with Gasteiger partial charge < -0.3 is 10.0 Å². The second-order valence-corrected chi connectivity index (χ2v) is 5.73. The summed E-state index contributed by atoms with van der Waals surface area (Å²) < 4.78 is 1.12. The first-order valence-electron chi connectivity index (χ1n) is 6.56. The Morgan fingerprint density at radius 1 is 1.22 bits per heavy atom. The largest absolute Gasteiger partial charge is 0.393 e. The van der Waals surface area contributed by atoms with E-state index in [0.717, 1.165) is 43.4 Å². The van der Waals surface area contributed by atoms with Gasteiger partial charge >= 0.3 is 0 Å². The monoisotopic (exact) mass is 309 g/mol. The Morgan fingerprint density at radius 2 is 1.89 bits per heavy atom. The minimum absolute atomic E-state index is 0.0699. The molecule has 3 heteroatoms. The summed E-state index contributed by atoms with van der Waals surface area (Å²) in [6.07, 6.45) is 7.26. The summed E-state index contributed by atoms with van der Waals surface area (Å²) in [6.45, 7) is 3.17. The summed E-state index contributed by atoms with van der Waals surface area (Å²) in [7, 11) is 0. The zero-order valence-electron chi connectivity index (χ0n) is 10.6. The number of nitrogens with zero attached hydrogens (tertiary/aromatic N) is 1. The molecule has 0 saturated carbocycles. The third kappa shape index (κ3) is 4.56. The van der Waals surface area contributed by atoms with Gasteiger partial charge in [0.15, 0.2) is 0 Å². The summed E-state index contributed by atoms with van der Waals surface area (Å²) >= 11 is 3.43. The number of benzene rings is 1. The first kappa shape index (κ1) is 13.8. The van der Waals surface area contributed by atoms with Gasteiger partial charge in [0.1, 0.15) is 0 Å². The number of aliphatic hydroxyl groups is 1. The molecule has 18 heavy (non-hydrogen) atoms. The van der Waals surface area contributed by atoms with Crippen molar-refractivity contribution in [2.75, 3.05) is 19.6 Å². The highest BCUT2D eigenvalue weighted by Gasteiger charge is 2.15. The van der Waals surface area contributed by atoms with Gasteiger partial charge in [-0.05, 0) is 37.0 Å². The maximum Gasteiger partial charge on any atom is 0.0564 e. The van der Waals surface area contributed by atoms with Crippen molar-refractivity contribution in [3.05, 3.63) is 40.4 Å². The lowest BCUT2D eigenvalue weighted by molar-refractivity contribution is 0.0835. The summed E-state index contributed by atoms with van der Waals surface area (Å²) in [6, 6.07) is 8.34. The zero-order valence-corrected chi connectivity index (χ0v) is 12.1. The fourth-order valence-electron chi connectivity index (χ4n) is 2.19.